The summed E-state index contributed by atoms with van der Waals surface area (Å²) in [6.45, 7) is 4.03. The third-order valence-corrected chi connectivity index (χ3v) is 7.38. The van der Waals surface area contributed by atoms with E-state index in [9.17, 15) is 17.6 Å². The van der Waals surface area contributed by atoms with Crippen molar-refractivity contribution in [2.24, 2.45) is 5.41 Å². The van der Waals surface area contributed by atoms with E-state index in [-0.39, 0.29) is 21.5 Å². The minimum Gasteiger partial charge on any atom is -0.348 e. The summed E-state index contributed by atoms with van der Waals surface area (Å²) in [5.41, 5.74) is 1.68. The van der Waals surface area contributed by atoms with E-state index in [1.54, 1.807) is 13.8 Å². The Bertz CT molecular complexity index is 1160. The maximum Gasteiger partial charge on any atom is 0.256 e. The first-order valence-electron chi connectivity index (χ1n) is 9.40. The molecule has 7 nitrogen and oxygen atoms in total. The second-order valence-corrected chi connectivity index (χ2v) is 10.4. The number of aromatic amines is 1. The molecule has 1 aromatic heterocycles. The monoisotopic (exact) mass is 450 g/mol. The molecule has 1 aliphatic carbocycles. The summed E-state index contributed by atoms with van der Waals surface area (Å²) in [5, 5.41) is 9.01. The van der Waals surface area contributed by atoms with E-state index in [0.717, 1.165) is 11.1 Å². The second kappa shape index (κ2) is 7.08. The van der Waals surface area contributed by atoms with Crippen molar-refractivity contribution >= 4 is 27.5 Å². The number of benzene rings is 1. The van der Waals surface area contributed by atoms with Gasteiger partial charge >= 0.3 is 0 Å². The van der Waals surface area contributed by atoms with Crippen LogP contribution in [-0.4, -0.2) is 43.3 Å². The van der Waals surface area contributed by atoms with Gasteiger partial charge in [-0.25, -0.2) is 17.5 Å². The van der Waals surface area contributed by atoms with E-state index in [2.05, 4.69) is 15.8 Å². The predicted octanol–water partition coefficient (Wildman–Crippen LogP) is 2.55. The molecule has 0 bridgehead atoms. The van der Waals surface area contributed by atoms with Gasteiger partial charge in [0.2, 0.25) is 0 Å². The molecule has 1 fully saturated rings. The van der Waals surface area contributed by atoms with Gasteiger partial charge in [-0.15, -0.1) is 0 Å². The number of rotatable bonds is 4. The molecule has 1 atom stereocenters. The molecule has 1 aromatic carbocycles. The normalized spacial score (nSPS) is 19.8. The Hall–Kier alpha value is -2.41. The van der Waals surface area contributed by atoms with Gasteiger partial charge in [0.25, 0.3) is 15.9 Å². The molecule has 0 unspecified atom stereocenters. The summed E-state index contributed by atoms with van der Waals surface area (Å²) in [6, 6.07) is 5.92. The first kappa shape index (κ1) is 20.8. The van der Waals surface area contributed by atoms with Crippen LogP contribution in [0.15, 0.2) is 23.2 Å². The fraction of sp³-hybridized carbons (Fsp3) is 0.400. The van der Waals surface area contributed by atoms with E-state index in [1.807, 2.05) is 0 Å². The van der Waals surface area contributed by atoms with Gasteiger partial charge in [-0.3, -0.25) is 4.79 Å². The highest BCUT2D eigenvalue weighted by Gasteiger charge is 2.42. The van der Waals surface area contributed by atoms with Crippen molar-refractivity contribution in [3.63, 3.8) is 0 Å². The second-order valence-electron chi connectivity index (χ2n) is 8.27. The van der Waals surface area contributed by atoms with Gasteiger partial charge in [0.1, 0.15) is 10.8 Å². The van der Waals surface area contributed by atoms with Crippen molar-refractivity contribution < 1.29 is 17.6 Å². The molecule has 2 aliphatic rings. The summed E-state index contributed by atoms with van der Waals surface area (Å²) < 4.78 is 42.0. The molecule has 1 aliphatic heterocycles. The fourth-order valence-electron chi connectivity index (χ4n) is 4.05. The van der Waals surface area contributed by atoms with Crippen LogP contribution in [-0.2, 0) is 22.9 Å². The van der Waals surface area contributed by atoms with Gasteiger partial charge in [-0.1, -0.05) is 11.6 Å². The number of hydrogen-bond donors (Lipinski definition) is 2. The lowest BCUT2D eigenvalue weighted by atomic mass is 9.83. The number of fused-ring (bicyclic) bond motifs is 1. The Morgan fingerprint density at radius 1 is 1.33 bits per heavy atom. The van der Waals surface area contributed by atoms with E-state index in [1.165, 1.54) is 23.1 Å². The van der Waals surface area contributed by atoms with Gasteiger partial charge in [0, 0.05) is 24.8 Å². The molecule has 2 heterocycles. The summed E-state index contributed by atoms with van der Waals surface area (Å²) in [6.07, 6.45) is 0.759. The number of nitrogens with zero attached hydrogens (tertiary/aromatic N) is 2. The minimum atomic E-state index is -3.91. The third-order valence-electron chi connectivity index (χ3n) is 5.64. The quantitative estimate of drug-likeness (QED) is 0.746. The zero-order valence-corrected chi connectivity index (χ0v) is 18.0. The van der Waals surface area contributed by atoms with Crippen LogP contribution in [0.3, 0.4) is 0 Å². The number of carbonyl (C=O) groups excluding carboxylic acids is 1. The number of halogens is 2. The van der Waals surface area contributed by atoms with Crippen molar-refractivity contribution in [3.05, 3.63) is 51.4 Å². The maximum atomic E-state index is 13.7. The van der Waals surface area contributed by atoms with Gasteiger partial charge in [-0.05, 0) is 56.0 Å². The lowest BCUT2D eigenvalue weighted by molar-refractivity contribution is 0.0368. The van der Waals surface area contributed by atoms with Crippen molar-refractivity contribution in [1.82, 2.24) is 14.6 Å². The molecule has 0 radical (unpaired) electrons. The average molecular weight is 451 g/mol. The van der Waals surface area contributed by atoms with E-state index in [4.69, 9.17) is 16.9 Å². The highest BCUT2D eigenvalue weighted by atomic mass is 35.5. The molecule has 30 heavy (non-hydrogen) atoms. The van der Waals surface area contributed by atoms with Crippen molar-refractivity contribution in [2.45, 2.75) is 37.8 Å². The number of H-pyrrole nitrogens is 1. The third kappa shape index (κ3) is 3.60. The lowest BCUT2D eigenvalue weighted by Crippen LogP contribution is -2.56. The smallest absolute Gasteiger partial charge is 0.256 e. The number of nitriles is 1. The number of nitrogens with one attached hydrogen (secondary N) is 2. The molecule has 10 heteroatoms. The average Bonchev–Trinajstić information content (AvgIpc) is 3.21. The summed E-state index contributed by atoms with van der Waals surface area (Å²) in [5.74, 6) is -0.836. The van der Waals surface area contributed by atoms with Crippen LogP contribution < -0.4 is 4.72 Å². The fourth-order valence-corrected chi connectivity index (χ4v) is 5.53. The first-order chi connectivity index (χ1) is 14.0. The molecule has 4 rings (SSSR count). The minimum absolute atomic E-state index is 0.0129. The highest BCUT2D eigenvalue weighted by Crippen LogP contribution is 2.31. The molecule has 2 N–H and O–H groups in total. The van der Waals surface area contributed by atoms with Crippen LogP contribution in [0.1, 0.15) is 34.1 Å². The topological polar surface area (TPSA) is 106 Å². The molecule has 1 amide bonds. The summed E-state index contributed by atoms with van der Waals surface area (Å²) >= 11 is 5.82. The van der Waals surface area contributed by atoms with Crippen LogP contribution in [0.5, 0.6) is 0 Å². The number of amides is 1. The number of carbonyl (C=O) groups is 1. The van der Waals surface area contributed by atoms with Gasteiger partial charge in [0.15, 0.2) is 0 Å². The molecule has 1 saturated heterocycles. The maximum absolute atomic E-state index is 13.7. The van der Waals surface area contributed by atoms with Crippen LogP contribution in [0.2, 0.25) is 5.02 Å². The zero-order valence-electron chi connectivity index (χ0n) is 16.4. The van der Waals surface area contributed by atoms with Crippen LogP contribution in [0, 0.1) is 29.5 Å². The zero-order chi connectivity index (χ0) is 21.8. The Morgan fingerprint density at radius 2 is 1.97 bits per heavy atom. The number of aromatic nitrogens is 1. The molecular weight excluding hydrogens is 431 g/mol. The van der Waals surface area contributed by atoms with Crippen LogP contribution >= 0.6 is 11.6 Å². The molecule has 0 saturated carbocycles. The first-order valence-corrected chi connectivity index (χ1v) is 11.3. The Balaban J connectivity index is 1.49. The van der Waals surface area contributed by atoms with Gasteiger partial charge in [0.05, 0.1) is 22.1 Å². The number of aryl methyl sites for hydroxylation is 1. The van der Waals surface area contributed by atoms with E-state index in [0.29, 0.717) is 31.6 Å². The summed E-state index contributed by atoms with van der Waals surface area (Å²) in [4.78, 5) is 17.0. The van der Waals surface area contributed by atoms with Crippen LogP contribution in [0.25, 0.3) is 0 Å². The lowest BCUT2D eigenvalue weighted by Gasteiger charge is -2.43. The predicted molar refractivity (Wildman–Crippen MR) is 108 cm³/mol. The Kier molecular flexibility index (Phi) is 4.92. The molecule has 0 spiro atoms. The van der Waals surface area contributed by atoms with Gasteiger partial charge in [-0.2, -0.15) is 5.26 Å². The van der Waals surface area contributed by atoms with E-state index < -0.39 is 27.3 Å². The Morgan fingerprint density at radius 3 is 2.60 bits per heavy atom. The van der Waals surface area contributed by atoms with Gasteiger partial charge < -0.3 is 9.88 Å². The number of likely N-dealkylation sites (tertiary alicyclic amines) is 1. The SMILES string of the molecule is Cc1[nH]c(S(=O)(=O)N[C@@H]2Cc3cc(F)c(Cl)cc3C2)cc1C(=O)N1CC(C)(C#N)C1. The van der Waals surface area contributed by atoms with Crippen molar-refractivity contribution in [3.8, 4) is 6.07 Å². The standard InChI is InChI=1S/C20H20ClFN4O3S/c1-11-15(19(27)26-9-20(2,8-23)10-26)7-18(24-11)30(28,29)25-14-3-12-5-16(21)17(22)6-13(12)4-14/h5-7,14,24-25H,3-4,9-10H2,1-2H3/t14-/m0/s1. The van der Waals surface area contributed by atoms with Crippen LogP contribution in [0.4, 0.5) is 4.39 Å². The Labute approximate surface area is 178 Å². The number of hydrogen-bond acceptors (Lipinski definition) is 4. The largest absolute Gasteiger partial charge is 0.348 e. The molecular formula is C20H20ClFN4O3S. The molecule has 2 aromatic rings. The van der Waals surface area contributed by atoms with Crippen molar-refractivity contribution in [1.29, 1.82) is 5.26 Å². The van der Waals surface area contributed by atoms with Crippen molar-refractivity contribution in [2.75, 3.05) is 13.1 Å². The van der Waals surface area contributed by atoms with E-state index >= 15 is 0 Å². The molecule has 158 valence electrons. The highest BCUT2D eigenvalue weighted by molar-refractivity contribution is 7.89. The summed E-state index contributed by atoms with van der Waals surface area (Å²) in [7, 11) is -3.91. The number of sulfonamides is 1.